The van der Waals surface area contributed by atoms with Gasteiger partial charge in [0.2, 0.25) is 0 Å². The summed E-state index contributed by atoms with van der Waals surface area (Å²) in [5.41, 5.74) is 1.32. The Morgan fingerprint density at radius 3 is 2.70 bits per heavy atom. The molecule has 2 aromatic rings. The van der Waals surface area contributed by atoms with Crippen LogP contribution in [0.25, 0.3) is 0 Å². The molecule has 120 valence electrons. The number of rotatable bonds is 5. The Kier molecular flexibility index (Phi) is 4.71. The topological polar surface area (TPSA) is 63.2 Å². The van der Waals surface area contributed by atoms with Crippen molar-refractivity contribution in [1.29, 1.82) is 0 Å². The van der Waals surface area contributed by atoms with Gasteiger partial charge < -0.3 is 15.4 Å². The average molecular weight is 315 g/mol. The minimum absolute atomic E-state index is 0.118. The van der Waals surface area contributed by atoms with Crippen molar-refractivity contribution in [1.82, 2.24) is 10.3 Å². The van der Waals surface area contributed by atoms with Crippen LogP contribution in [0.1, 0.15) is 24.8 Å². The molecule has 0 atom stereocenters. The molecule has 0 bridgehead atoms. The Balaban J connectivity index is 1.52. The van der Waals surface area contributed by atoms with Crippen LogP contribution < -0.4 is 15.4 Å². The predicted octanol–water partition coefficient (Wildman–Crippen LogP) is 3.47. The van der Waals surface area contributed by atoms with Gasteiger partial charge in [-0.1, -0.05) is 0 Å². The molecular formula is C17H18FN3O2. The number of ether oxygens (including phenoxy) is 1. The van der Waals surface area contributed by atoms with E-state index in [4.69, 9.17) is 4.74 Å². The molecule has 23 heavy (non-hydrogen) atoms. The minimum atomic E-state index is -0.469. The Bertz CT molecular complexity index is 675. The van der Waals surface area contributed by atoms with E-state index in [1.807, 2.05) is 12.1 Å². The van der Waals surface area contributed by atoms with Crippen molar-refractivity contribution in [2.24, 2.45) is 0 Å². The molecule has 3 rings (SSSR count). The van der Waals surface area contributed by atoms with Gasteiger partial charge in [0.25, 0.3) is 0 Å². The number of amides is 2. The highest BCUT2D eigenvalue weighted by molar-refractivity contribution is 5.89. The van der Waals surface area contributed by atoms with Gasteiger partial charge in [-0.2, -0.15) is 0 Å². The first-order valence-electron chi connectivity index (χ1n) is 7.60. The Morgan fingerprint density at radius 2 is 2.04 bits per heavy atom. The van der Waals surface area contributed by atoms with Gasteiger partial charge >= 0.3 is 6.03 Å². The molecule has 1 aromatic carbocycles. The number of carbonyl (C=O) groups excluding carboxylic acids is 1. The number of urea groups is 1. The van der Waals surface area contributed by atoms with E-state index in [2.05, 4.69) is 15.6 Å². The molecule has 1 aliphatic carbocycles. The highest BCUT2D eigenvalue weighted by atomic mass is 19.1. The van der Waals surface area contributed by atoms with Gasteiger partial charge in [-0.05, 0) is 49.1 Å². The summed E-state index contributed by atoms with van der Waals surface area (Å²) >= 11 is 0. The van der Waals surface area contributed by atoms with E-state index >= 15 is 0 Å². The summed E-state index contributed by atoms with van der Waals surface area (Å²) in [6.07, 6.45) is 6.50. The number of hydrogen-bond donors (Lipinski definition) is 2. The highest BCUT2D eigenvalue weighted by Crippen LogP contribution is 2.28. The summed E-state index contributed by atoms with van der Waals surface area (Å²) in [5.74, 6) is -0.235. The maximum absolute atomic E-state index is 14.0. The van der Waals surface area contributed by atoms with Gasteiger partial charge in [0, 0.05) is 30.7 Å². The first-order chi connectivity index (χ1) is 11.2. The van der Waals surface area contributed by atoms with Crippen LogP contribution >= 0.6 is 0 Å². The van der Waals surface area contributed by atoms with Gasteiger partial charge in [0.1, 0.15) is 0 Å². The monoisotopic (exact) mass is 315 g/mol. The van der Waals surface area contributed by atoms with Crippen LogP contribution in [0.3, 0.4) is 0 Å². The lowest BCUT2D eigenvalue weighted by Gasteiger charge is -2.26. The Hall–Kier alpha value is -2.63. The van der Waals surface area contributed by atoms with Crippen molar-refractivity contribution in [3.05, 3.63) is 54.1 Å². The lowest BCUT2D eigenvalue weighted by Crippen LogP contribution is -2.28. The summed E-state index contributed by atoms with van der Waals surface area (Å²) < 4.78 is 19.5. The van der Waals surface area contributed by atoms with E-state index in [9.17, 15) is 9.18 Å². The molecule has 1 saturated carbocycles. The number of hydrogen-bond acceptors (Lipinski definition) is 3. The second-order valence-corrected chi connectivity index (χ2v) is 5.48. The summed E-state index contributed by atoms with van der Waals surface area (Å²) in [6.45, 7) is 0.375. The first-order valence-corrected chi connectivity index (χ1v) is 7.60. The molecule has 0 aliphatic heterocycles. The van der Waals surface area contributed by atoms with E-state index in [0.29, 0.717) is 12.2 Å². The summed E-state index contributed by atoms with van der Waals surface area (Å²) in [7, 11) is 0. The third kappa shape index (κ3) is 4.18. The number of benzene rings is 1. The van der Waals surface area contributed by atoms with Crippen LogP contribution in [0.4, 0.5) is 14.9 Å². The van der Waals surface area contributed by atoms with Crippen molar-refractivity contribution >= 4 is 11.7 Å². The summed E-state index contributed by atoms with van der Waals surface area (Å²) in [6, 6.07) is 7.67. The van der Waals surface area contributed by atoms with Crippen LogP contribution in [0.5, 0.6) is 5.75 Å². The maximum atomic E-state index is 14.0. The van der Waals surface area contributed by atoms with Crippen molar-refractivity contribution in [2.45, 2.75) is 31.9 Å². The van der Waals surface area contributed by atoms with Gasteiger partial charge in [-0.3, -0.25) is 4.98 Å². The van der Waals surface area contributed by atoms with E-state index in [-0.39, 0.29) is 11.9 Å². The molecule has 1 fully saturated rings. The highest BCUT2D eigenvalue weighted by Gasteiger charge is 2.20. The lowest BCUT2D eigenvalue weighted by molar-refractivity contribution is 0.115. The number of pyridine rings is 1. The number of aromatic nitrogens is 1. The standard InChI is InChI=1S/C17H18FN3O2/c18-15-10-13(4-5-16(15)23-14-2-1-3-14)21-17(22)20-11-12-6-8-19-9-7-12/h4-10,14H,1-3,11H2,(H2,20,21,22). The molecule has 0 saturated heterocycles. The fourth-order valence-corrected chi connectivity index (χ4v) is 2.20. The SMILES string of the molecule is O=C(NCc1ccncc1)Nc1ccc(OC2CCC2)c(F)c1. The predicted molar refractivity (Wildman–Crippen MR) is 84.8 cm³/mol. The number of anilines is 1. The normalized spacial score (nSPS) is 14.0. The molecule has 0 unspecified atom stereocenters. The second kappa shape index (κ2) is 7.09. The molecule has 0 spiro atoms. The number of nitrogens with one attached hydrogen (secondary N) is 2. The number of halogens is 1. The largest absolute Gasteiger partial charge is 0.487 e. The van der Waals surface area contributed by atoms with Gasteiger partial charge in [0.15, 0.2) is 11.6 Å². The van der Waals surface area contributed by atoms with E-state index in [1.54, 1.807) is 24.5 Å². The fraction of sp³-hybridized carbons (Fsp3) is 0.294. The fourth-order valence-electron chi connectivity index (χ4n) is 2.20. The molecule has 1 aromatic heterocycles. The van der Waals surface area contributed by atoms with E-state index in [1.165, 1.54) is 6.07 Å². The van der Waals surface area contributed by atoms with Crippen LogP contribution in [-0.2, 0) is 6.54 Å². The third-order valence-corrected chi connectivity index (χ3v) is 3.74. The zero-order valence-corrected chi connectivity index (χ0v) is 12.6. The summed E-state index contributed by atoms with van der Waals surface area (Å²) in [4.78, 5) is 15.7. The Labute approximate surface area is 133 Å². The van der Waals surface area contributed by atoms with Crippen molar-refractivity contribution < 1.29 is 13.9 Å². The van der Waals surface area contributed by atoms with Gasteiger partial charge in [0.05, 0.1) is 6.10 Å². The average Bonchev–Trinajstić information content (AvgIpc) is 2.51. The molecule has 5 nitrogen and oxygen atoms in total. The van der Waals surface area contributed by atoms with Crippen molar-refractivity contribution in [3.63, 3.8) is 0 Å². The molecule has 6 heteroatoms. The first kappa shape index (κ1) is 15.3. The Morgan fingerprint density at radius 1 is 1.26 bits per heavy atom. The van der Waals surface area contributed by atoms with E-state index < -0.39 is 11.8 Å². The zero-order valence-electron chi connectivity index (χ0n) is 12.6. The van der Waals surface area contributed by atoms with Crippen LogP contribution in [-0.4, -0.2) is 17.1 Å². The molecule has 2 N–H and O–H groups in total. The maximum Gasteiger partial charge on any atom is 0.319 e. The molecular weight excluding hydrogens is 297 g/mol. The molecule has 1 heterocycles. The van der Waals surface area contributed by atoms with Crippen molar-refractivity contribution in [3.8, 4) is 5.75 Å². The smallest absolute Gasteiger partial charge is 0.319 e. The zero-order chi connectivity index (χ0) is 16.1. The third-order valence-electron chi connectivity index (χ3n) is 3.74. The number of nitrogens with zero attached hydrogens (tertiary/aromatic N) is 1. The van der Waals surface area contributed by atoms with Crippen LogP contribution in [0.2, 0.25) is 0 Å². The quantitative estimate of drug-likeness (QED) is 0.888. The molecule has 2 amide bonds. The van der Waals surface area contributed by atoms with Gasteiger partial charge in [-0.15, -0.1) is 0 Å². The second-order valence-electron chi connectivity index (χ2n) is 5.48. The minimum Gasteiger partial charge on any atom is -0.487 e. The van der Waals surface area contributed by atoms with Crippen molar-refractivity contribution in [2.75, 3.05) is 5.32 Å². The summed E-state index contributed by atoms with van der Waals surface area (Å²) in [5, 5.41) is 5.30. The lowest BCUT2D eigenvalue weighted by atomic mass is 9.96. The molecule has 1 aliphatic rings. The number of carbonyl (C=O) groups is 1. The van der Waals surface area contributed by atoms with Crippen LogP contribution in [0, 0.1) is 5.82 Å². The van der Waals surface area contributed by atoms with Gasteiger partial charge in [-0.25, -0.2) is 9.18 Å². The van der Waals surface area contributed by atoms with E-state index in [0.717, 1.165) is 24.8 Å². The molecule has 0 radical (unpaired) electrons. The van der Waals surface area contributed by atoms with Crippen LogP contribution in [0.15, 0.2) is 42.7 Å².